The van der Waals surface area contributed by atoms with E-state index < -0.39 is 0 Å². The van der Waals surface area contributed by atoms with Gasteiger partial charge in [0.1, 0.15) is 0 Å². The Morgan fingerprint density at radius 3 is 2.33 bits per heavy atom. The van der Waals surface area contributed by atoms with Crippen LogP contribution in [0.5, 0.6) is 0 Å². The molecule has 0 saturated carbocycles. The van der Waals surface area contributed by atoms with Crippen LogP contribution in [0.2, 0.25) is 0 Å². The molecule has 0 aromatic heterocycles. The summed E-state index contributed by atoms with van der Waals surface area (Å²) in [5.41, 5.74) is 0. The fourth-order valence-electron chi connectivity index (χ4n) is 2.69. The Morgan fingerprint density at radius 1 is 1.28 bits per heavy atom. The molecule has 5 nitrogen and oxygen atoms in total. The topological polar surface area (TPSA) is 61.4 Å². The molecule has 102 valence electrons. The minimum atomic E-state index is 0.0219. The summed E-state index contributed by atoms with van der Waals surface area (Å²) in [4.78, 5) is 25.2. The summed E-state index contributed by atoms with van der Waals surface area (Å²) < 4.78 is 0. The Balaban J connectivity index is 1.78. The summed E-state index contributed by atoms with van der Waals surface area (Å²) in [7, 11) is 0. The van der Waals surface area contributed by atoms with Crippen LogP contribution < -0.4 is 10.6 Å². The van der Waals surface area contributed by atoms with Gasteiger partial charge in [-0.1, -0.05) is 6.92 Å². The molecular weight excluding hydrogens is 230 g/mol. The number of rotatable bonds is 3. The van der Waals surface area contributed by atoms with E-state index in [0.717, 1.165) is 39.0 Å². The van der Waals surface area contributed by atoms with Gasteiger partial charge in [0.25, 0.3) is 0 Å². The van der Waals surface area contributed by atoms with Gasteiger partial charge in [-0.15, -0.1) is 0 Å². The number of nitrogens with zero attached hydrogens (tertiary/aromatic N) is 1. The van der Waals surface area contributed by atoms with Gasteiger partial charge in [-0.25, -0.2) is 0 Å². The molecule has 1 atom stereocenters. The van der Waals surface area contributed by atoms with E-state index in [9.17, 15) is 9.59 Å². The average molecular weight is 253 g/mol. The summed E-state index contributed by atoms with van der Waals surface area (Å²) in [6, 6.07) is 0.243. The van der Waals surface area contributed by atoms with Crippen LogP contribution in [0.1, 0.15) is 26.7 Å². The maximum Gasteiger partial charge on any atom is 0.225 e. The molecule has 1 unspecified atom stereocenters. The van der Waals surface area contributed by atoms with Crippen LogP contribution in [-0.2, 0) is 9.59 Å². The zero-order valence-corrected chi connectivity index (χ0v) is 11.2. The van der Waals surface area contributed by atoms with E-state index in [0.29, 0.717) is 5.92 Å². The maximum absolute atomic E-state index is 12.3. The van der Waals surface area contributed by atoms with Crippen molar-refractivity contribution in [3.8, 4) is 0 Å². The van der Waals surface area contributed by atoms with Gasteiger partial charge in [0.15, 0.2) is 0 Å². The van der Waals surface area contributed by atoms with Gasteiger partial charge in [-0.2, -0.15) is 0 Å². The first-order valence-corrected chi connectivity index (χ1v) is 6.84. The van der Waals surface area contributed by atoms with Gasteiger partial charge in [-0.3, -0.25) is 9.59 Å². The van der Waals surface area contributed by atoms with E-state index in [1.54, 1.807) is 6.92 Å². The molecule has 2 rings (SSSR count). The molecule has 0 aromatic carbocycles. The van der Waals surface area contributed by atoms with Crippen LogP contribution in [-0.4, -0.2) is 48.9 Å². The number of nitrogens with one attached hydrogen (secondary N) is 2. The highest BCUT2D eigenvalue weighted by Gasteiger charge is 2.33. The van der Waals surface area contributed by atoms with Gasteiger partial charge in [0, 0.05) is 32.0 Å². The molecule has 0 aromatic rings. The Labute approximate surface area is 108 Å². The molecule has 0 spiro atoms. The first kappa shape index (κ1) is 13.3. The molecular formula is C13H23N3O2. The van der Waals surface area contributed by atoms with E-state index in [1.165, 1.54) is 0 Å². The molecule has 5 heteroatoms. The fraction of sp³-hybridized carbons (Fsp3) is 0.846. The Kier molecular flexibility index (Phi) is 4.22. The van der Waals surface area contributed by atoms with Gasteiger partial charge in [0.05, 0.1) is 0 Å². The predicted octanol–water partition coefficient (Wildman–Crippen LogP) is -0.0310. The number of hydrogen-bond donors (Lipinski definition) is 2. The number of likely N-dealkylation sites (tertiary alicyclic amines) is 1. The molecule has 2 saturated heterocycles. The second-order valence-electron chi connectivity index (χ2n) is 5.51. The van der Waals surface area contributed by atoms with E-state index in [1.807, 2.05) is 11.8 Å². The summed E-state index contributed by atoms with van der Waals surface area (Å²) >= 11 is 0. The number of piperidine rings is 1. The van der Waals surface area contributed by atoms with Crippen molar-refractivity contribution in [3.05, 3.63) is 0 Å². The van der Waals surface area contributed by atoms with E-state index in [4.69, 9.17) is 0 Å². The monoisotopic (exact) mass is 253 g/mol. The smallest absolute Gasteiger partial charge is 0.225 e. The summed E-state index contributed by atoms with van der Waals surface area (Å²) in [6.07, 6.45) is 1.75. The van der Waals surface area contributed by atoms with E-state index in [-0.39, 0.29) is 23.8 Å². The summed E-state index contributed by atoms with van der Waals surface area (Å²) in [5.74, 6) is 0.936. The third-order valence-corrected chi connectivity index (χ3v) is 4.12. The van der Waals surface area contributed by atoms with Crippen molar-refractivity contribution in [1.82, 2.24) is 15.5 Å². The van der Waals surface area contributed by atoms with Crippen molar-refractivity contribution in [2.75, 3.05) is 26.2 Å². The van der Waals surface area contributed by atoms with Gasteiger partial charge < -0.3 is 15.5 Å². The van der Waals surface area contributed by atoms with Crippen molar-refractivity contribution in [2.45, 2.75) is 32.7 Å². The molecule has 0 bridgehead atoms. The molecule has 2 aliphatic heterocycles. The largest absolute Gasteiger partial charge is 0.353 e. The highest BCUT2D eigenvalue weighted by atomic mass is 16.2. The zero-order chi connectivity index (χ0) is 13.1. The first-order chi connectivity index (χ1) is 8.58. The summed E-state index contributed by atoms with van der Waals surface area (Å²) in [5, 5.41) is 6.14. The van der Waals surface area contributed by atoms with E-state index >= 15 is 0 Å². The lowest BCUT2D eigenvalue weighted by molar-refractivity contribution is -0.138. The Bertz CT molecular complexity index is 320. The molecule has 18 heavy (non-hydrogen) atoms. The second-order valence-corrected chi connectivity index (χ2v) is 5.51. The van der Waals surface area contributed by atoms with Crippen molar-refractivity contribution in [2.24, 2.45) is 11.8 Å². The first-order valence-electron chi connectivity index (χ1n) is 6.84. The van der Waals surface area contributed by atoms with Crippen molar-refractivity contribution in [3.63, 3.8) is 0 Å². The molecule has 2 amide bonds. The standard InChI is InChI=1S/C13H23N3O2/c1-9(11-7-14-8-11)13(18)16-5-3-12(4-6-16)15-10(2)17/h9,11-12,14H,3-8H2,1-2H3,(H,15,17). The van der Waals surface area contributed by atoms with Crippen LogP contribution in [0.4, 0.5) is 0 Å². The van der Waals surface area contributed by atoms with Crippen LogP contribution in [0, 0.1) is 11.8 Å². The third kappa shape index (κ3) is 3.02. The number of amides is 2. The maximum atomic E-state index is 12.3. The van der Waals surface area contributed by atoms with Crippen LogP contribution in [0.3, 0.4) is 0 Å². The van der Waals surface area contributed by atoms with Crippen molar-refractivity contribution >= 4 is 11.8 Å². The number of carbonyl (C=O) groups excluding carboxylic acids is 2. The zero-order valence-electron chi connectivity index (χ0n) is 11.2. The van der Waals surface area contributed by atoms with Gasteiger partial charge in [0.2, 0.25) is 11.8 Å². The molecule has 2 fully saturated rings. The number of carbonyl (C=O) groups is 2. The van der Waals surface area contributed by atoms with Crippen LogP contribution in [0.15, 0.2) is 0 Å². The third-order valence-electron chi connectivity index (χ3n) is 4.12. The lowest BCUT2D eigenvalue weighted by Gasteiger charge is -2.38. The van der Waals surface area contributed by atoms with Crippen LogP contribution in [0.25, 0.3) is 0 Å². The van der Waals surface area contributed by atoms with Crippen molar-refractivity contribution < 1.29 is 9.59 Å². The van der Waals surface area contributed by atoms with Gasteiger partial charge >= 0.3 is 0 Å². The normalized spacial score (nSPS) is 23.3. The minimum absolute atomic E-state index is 0.0219. The number of hydrogen-bond acceptors (Lipinski definition) is 3. The molecule has 2 heterocycles. The fourth-order valence-corrected chi connectivity index (χ4v) is 2.69. The van der Waals surface area contributed by atoms with Crippen LogP contribution >= 0.6 is 0 Å². The summed E-state index contributed by atoms with van der Waals surface area (Å²) in [6.45, 7) is 7.06. The Hall–Kier alpha value is -1.10. The van der Waals surface area contributed by atoms with E-state index in [2.05, 4.69) is 10.6 Å². The molecule has 2 aliphatic rings. The minimum Gasteiger partial charge on any atom is -0.353 e. The lowest BCUT2D eigenvalue weighted by Crippen LogP contribution is -2.53. The van der Waals surface area contributed by atoms with Gasteiger partial charge in [-0.05, 0) is 31.8 Å². The molecule has 0 radical (unpaired) electrons. The molecule has 2 N–H and O–H groups in total. The SMILES string of the molecule is CC(=O)NC1CCN(C(=O)C(C)C2CNC2)CC1. The predicted molar refractivity (Wildman–Crippen MR) is 68.9 cm³/mol. The molecule has 0 aliphatic carbocycles. The quantitative estimate of drug-likeness (QED) is 0.742. The van der Waals surface area contributed by atoms with Crippen molar-refractivity contribution in [1.29, 1.82) is 0 Å². The highest BCUT2D eigenvalue weighted by molar-refractivity contribution is 5.79. The Morgan fingerprint density at radius 2 is 1.89 bits per heavy atom. The lowest BCUT2D eigenvalue weighted by atomic mass is 9.87. The second kappa shape index (κ2) is 5.69. The highest BCUT2D eigenvalue weighted by Crippen LogP contribution is 2.21. The average Bonchev–Trinajstić information content (AvgIpc) is 2.26.